The minimum atomic E-state index is -3.28. The van der Waals surface area contributed by atoms with E-state index < -0.39 is 9.84 Å². The number of carbonyl (C=O) groups excluding carboxylic acids is 1. The summed E-state index contributed by atoms with van der Waals surface area (Å²) in [5.74, 6) is 0.164. The number of ether oxygens (including phenoxy) is 1. The lowest BCUT2D eigenvalue weighted by Crippen LogP contribution is -2.14. The van der Waals surface area contributed by atoms with E-state index in [1.165, 1.54) is 12.1 Å². The fraction of sp³-hybridized carbons (Fsp3) is 0.136. The van der Waals surface area contributed by atoms with Gasteiger partial charge >= 0.3 is 0 Å². The Bertz CT molecular complexity index is 1110. The van der Waals surface area contributed by atoms with E-state index in [1.807, 2.05) is 24.3 Å². The fourth-order valence-corrected chi connectivity index (χ4v) is 4.01. The van der Waals surface area contributed by atoms with E-state index in [0.717, 1.165) is 10.0 Å². The molecule has 0 aliphatic carbocycles. The molecule has 0 saturated carbocycles. The van der Waals surface area contributed by atoms with Gasteiger partial charge < -0.3 is 10.1 Å². The highest BCUT2D eigenvalue weighted by Gasteiger charge is 2.14. The Kier molecular flexibility index (Phi) is 6.71. The summed E-state index contributed by atoms with van der Waals surface area (Å²) in [4.78, 5) is 13.0. The molecule has 0 radical (unpaired) electrons. The highest BCUT2D eigenvalue weighted by atomic mass is 79.9. The van der Waals surface area contributed by atoms with E-state index in [1.54, 1.807) is 43.3 Å². The second-order valence-corrected chi connectivity index (χ2v) is 9.49. The molecule has 150 valence electrons. The van der Waals surface area contributed by atoms with Gasteiger partial charge in [-0.25, -0.2) is 8.42 Å². The van der Waals surface area contributed by atoms with E-state index in [9.17, 15) is 13.2 Å². The van der Waals surface area contributed by atoms with Crippen LogP contribution in [-0.2, 0) is 16.4 Å². The van der Waals surface area contributed by atoms with Crippen molar-refractivity contribution in [2.24, 2.45) is 0 Å². The van der Waals surface area contributed by atoms with Gasteiger partial charge in [-0.2, -0.15) is 0 Å². The SMILES string of the molecule is CCS(=O)(=O)c1ccc(NC(=O)c2ccccc2OCc2cccc(Br)c2)cc1. The van der Waals surface area contributed by atoms with Crippen LogP contribution in [0, 0.1) is 0 Å². The zero-order chi connectivity index (χ0) is 20.9. The van der Waals surface area contributed by atoms with Crippen molar-refractivity contribution >= 4 is 37.4 Å². The minimum Gasteiger partial charge on any atom is -0.488 e. The van der Waals surface area contributed by atoms with Gasteiger partial charge in [-0.1, -0.05) is 47.1 Å². The molecule has 0 heterocycles. The van der Waals surface area contributed by atoms with Crippen LogP contribution in [0.25, 0.3) is 0 Å². The number of rotatable bonds is 7. The van der Waals surface area contributed by atoms with Crippen molar-refractivity contribution in [1.29, 1.82) is 0 Å². The number of carbonyl (C=O) groups is 1. The third-order valence-corrected chi connectivity index (χ3v) is 6.51. The molecule has 0 unspecified atom stereocenters. The van der Waals surface area contributed by atoms with Crippen molar-refractivity contribution in [1.82, 2.24) is 0 Å². The van der Waals surface area contributed by atoms with Crippen molar-refractivity contribution in [2.45, 2.75) is 18.4 Å². The van der Waals surface area contributed by atoms with Gasteiger partial charge in [0.1, 0.15) is 12.4 Å². The van der Waals surface area contributed by atoms with E-state index in [2.05, 4.69) is 21.2 Å². The van der Waals surface area contributed by atoms with E-state index in [4.69, 9.17) is 4.74 Å². The van der Waals surface area contributed by atoms with Crippen LogP contribution in [0.15, 0.2) is 82.2 Å². The van der Waals surface area contributed by atoms with Gasteiger partial charge in [-0.15, -0.1) is 0 Å². The molecule has 0 spiro atoms. The molecule has 0 atom stereocenters. The lowest BCUT2D eigenvalue weighted by molar-refractivity contribution is 0.102. The molecule has 0 aliphatic rings. The van der Waals surface area contributed by atoms with Crippen LogP contribution >= 0.6 is 15.9 Å². The maximum absolute atomic E-state index is 12.7. The molecule has 3 aromatic rings. The summed E-state index contributed by atoms with van der Waals surface area (Å²) in [6, 6.07) is 20.9. The van der Waals surface area contributed by atoms with Crippen LogP contribution in [0.1, 0.15) is 22.8 Å². The quantitative estimate of drug-likeness (QED) is 0.519. The van der Waals surface area contributed by atoms with E-state index >= 15 is 0 Å². The molecule has 0 bridgehead atoms. The van der Waals surface area contributed by atoms with Crippen LogP contribution in [0.2, 0.25) is 0 Å². The molecule has 1 amide bonds. The second-order valence-electron chi connectivity index (χ2n) is 6.30. The summed E-state index contributed by atoms with van der Waals surface area (Å²) in [7, 11) is -3.28. The summed E-state index contributed by atoms with van der Waals surface area (Å²) in [5, 5.41) is 2.78. The topological polar surface area (TPSA) is 72.5 Å². The average Bonchev–Trinajstić information content (AvgIpc) is 2.73. The number of hydrogen-bond acceptors (Lipinski definition) is 4. The molecule has 3 rings (SSSR count). The Morgan fingerprint density at radius 1 is 1.00 bits per heavy atom. The molecule has 7 heteroatoms. The molecule has 3 aromatic carbocycles. The first-order valence-corrected chi connectivity index (χ1v) is 11.4. The Hall–Kier alpha value is -2.64. The zero-order valence-electron chi connectivity index (χ0n) is 15.8. The monoisotopic (exact) mass is 473 g/mol. The van der Waals surface area contributed by atoms with Crippen LogP contribution in [0.4, 0.5) is 5.69 Å². The third kappa shape index (κ3) is 5.46. The predicted octanol–water partition coefficient (Wildman–Crippen LogP) is 5.07. The van der Waals surface area contributed by atoms with Gasteiger partial charge in [0.15, 0.2) is 9.84 Å². The average molecular weight is 474 g/mol. The maximum atomic E-state index is 12.7. The fourth-order valence-electron chi connectivity index (χ4n) is 2.68. The molecule has 1 N–H and O–H groups in total. The number of sulfone groups is 1. The second kappa shape index (κ2) is 9.24. The van der Waals surface area contributed by atoms with Gasteiger partial charge in [0.2, 0.25) is 0 Å². The summed E-state index contributed by atoms with van der Waals surface area (Å²) < 4.78 is 30.6. The summed E-state index contributed by atoms with van der Waals surface area (Å²) in [5.41, 5.74) is 1.88. The molecule has 29 heavy (non-hydrogen) atoms. The normalized spacial score (nSPS) is 11.1. The van der Waals surface area contributed by atoms with Gasteiger partial charge in [0.25, 0.3) is 5.91 Å². The van der Waals surface area contributed by atoms with Gasteiger partial charge in [-0.3, -0.25) is 4.79 Å². The highest BCUT2D eigenvalue weighted by molar-refractivity contribution is 9.10. The molecular weight excluding hydrogens is 454 g/mol. The Morgan fingerprint density at radius 2 is 1.72 bits per heavy atom. The number of benzene rings is 3. The molecule has 0 fully saturated rings. The number of amides is 1. The van der Waals surface area contributed by atoms with Crippen molar-refractivity contribution in [3.63, 3.8) is 0 Å². The van der Waals surface area contributed by atoms with Crippen LogP contribution < -0.4 is 10.1 Å². The first kappa shape index (κ1) is 21.1. The number of hydrogen-bond donors (Lipinski definition) is 1. The van der Waals surface area contributed by atoms with Crippen LogP contribution in [0.3, 0.4) is 0 Å². The number of anilines is 1. The summed E-state index contributed by atoms with van der Waals surface area (Å²) >= 11 is 3.43. The van der Waals surface area contributed by atoms with Crippen LogP contribution in [0.5, 0.6) is 5.75 Å². The van der Waals surface area contributed by atoms with Crippen molar-refractivity contribution in [2.75, 3.05) is 11.1 Å². The van der Waals surface area contributed by atoms with Crippen molar-refractivity contribution < 1.29 is 17.9 Å². The molecule has 0 saturated heterocycles. The summed E-state index contributed by atoms with van der Waals surface area (Å²) in [6.45, 7) is 1.92. The molecule has 5 nitrogen and oxygen atoms in total. The lowest BCUT2D eigenvalue weighted by atomic mass is 10.1. The third-order valence-electron chi connectivity index (χ3n) is 4.27. The maximum Gasteiger partial charge on any atom is 0.259 e. The molecule has 0 aromatic heterocycles. The van der Waals surface area contributed by atoms with Crippen molar-refractivity contribution in [3.8, 4) is 5.75 Å². The van der Waals surface area contributed by atoms with E-state index in [-0.39, 0.29) is 16.6 Å². The first-order valence-electron chi connectivity index (χ1n) is 8.99. The van der Waals surface area contributed by atoms with Crippen molar-refractivity contribution in [3.05, 3.63) is 88.4 Å². The Morgan fingerprint density at radius 3 is 2.41 bits per heavy atom. The van der Waals surface area contributed by atoms with Crippen LogP contribution in [-0.4, -0.2) is 20.1 Å². The number of halogens is 1. The smallest absolute Gasteiger partial charge is 0.259 e. The van der Waals surface area contributed by atoms with Gasteiger partial charge in [0, 0.05) is 10.2 Å². The number of nitrogens with one attached hydrogen (secondary N) is 1. The zero-order valence-corrected chi connectivity index (χ0v) is 18.2. The minimum absolute atomic E-state index is 0.0292. The number of para-hydroxylation sites is 1. The van der Waals surface area contributed by atoms with Gasteiger partial charge in [-0.05, 0) is 54.1 Å². The summed E-state index contributed by atoms with van der Waals surface area (Å²) in [6.07, 6.45) is 0. The Labute approximate surface area is 178 Å². The lowest BCUT2D eigenvalue weighted by Gasteiger charge is -2.12. The van der Waals surface area contributed by atoms with E-state index in [0.29, 0.717) is 23.6 Å². The molecule has 0 aliphatic heterocycles. The molecular formula is C22H20BrNO4S. The highest BCUT2D eigenvalue weighted by Crippen LogP contribution is 2.22. The first-order chi connectivity index (χ1) is 13.9. The largest absolute Gasteiger partial charge is 0.488 e. The predicted molar refractivity (Wildman–Crippen MR) is 117 cm³/mol. The van der Waals surface area contributed by atoms with Gasteiger partial charge in [0.05, 0.1) is 16.2 Å². The Balaban J connectivity index is 1.73. The standard InChI is InChI=1S/C22H20BrNO4S/c1-2-29(26,27)19-12-10-18(11-13-19)24-22(25)20-8-3-4-9-21(20)28-15-16-6-5-7-17(23)14-16/h3-14H,2,15H2,1H3,(H,24,25).